The van der Waals surface area contributed by atoms with Crippen molar-refractivity contribution in [2.75, 3.05) is 17.2 Å². The smallest absolute Gasteiger partial charge is 0.229 e. The number of nitrogens with zero attached hydrogens (tertiary/aromatic N) is 1. The van der Waals surface area contributed by atoms with Crippen molar-refractivity contribution in [3.05, 3.63) is 23.0 Å². The normalized spacial score (nSPS) is 20.6. The van der Waals surface area contributed by atoms with Gasteiger partial charge in [-0.2, -0.15) is 0 Å². The summed E-state index contributed by atoms with van der Waals surface area (Å²) in [5.74, 6) is -0.916. The maximum atomic E-state index is 13.2. The molecule has 16 heavy (non-hydrogen) atoms. The Morgan fingerprint density at radius 1 is 1.56 bits per heavy atom. The molecule has 1 aliphatic rings. The summed E-state index contributed by atoms with van der Waals surface area (Å²) in [6, 6.07) is 2.36. The van der Waals surface area contributed by atoms with E-state index in [2.05, 4.69) is 0 Å². The average Bonchev–Trinajstić information content (AvgIpc) is 2.51. The second kappa shape index (κ2) is 3.92. The van der Waals surface area contributed by atoms with Gasteiger partial charge in [-0.25, -0.2) is 4.39 Å². The molecule has 1 aliphatic heterocycles. The lowest BCUT2D eigenvalue weighted by molar-refractivity contribution is -0.117. The van der Waals surface area contributed by atoms with E-state index in [4.69, 9.17) is 17.3 Å². The Balaban J connectivity index is 2.41. The second-order valence-corrected chi connectivity index (χ2v) is 4.09. The Morgan fingerprint density at radius 2 is 2.25 bits per heavy atom. The third kappa shape index (κ3) is 1.83. The van der Waals surface area contributed by atoms with Crippen molar-refractivity contribution in [3.8, 4) is 0 Å². The number of rotatable bonds is 1. The fourth-order valence-electron chi connectivity index (χ4n) is 1.71. The highest BCUT2D eigenvalue weighted by molar-refractivity contribution is 6.31. The van der Waals surface area contributed by atoms with Gasteiger partial charge in [-0.1, -0.05) is 11.6 Å². The summed E-state index contributed by atoms with van der Waals surface area (Å²) in [6.45, 7) is 0.129. The molecule has 0 radical (unpaired) electrons. The number of halogens is 2. The first-order valence-corrected chi connectivity index (χ1v) is 5.10. The van der Waals surface area contributed by atoms with Crippen molar-refractivity contribution in [3.63, 3.8) is 0 Å². The van der Waals surface area contributed by atoms with Gasteiger partial charge in [-0.3, -0.25) is 4.79 Å². The predicted molar refractivity (Wildman–Crippen MR) is 58.8 cm³/mol. The van der Waals surface area contributed by atoms with E-state index in [1.165, 1.54) is 11.0 Å². The average molecular weight is 245 g/mol. The summed E-state index contributed by atoms with van der Waals surface area (Å²) in [4.78, 5) is 12.8. The Kier molecular flexibility index (Phi) is 2.73. The van der Waals surface area contributed by atoms with Crippen LogP contribution in [-0.2, 0) is 4.79 Å². The van der Waals surface area contributed by atoms with Crippen molar-refractivity contribution in [1.82, 2.24) is 0 Å². The number of hydrogen-bond donors (Lipinski definition) is 2. The van der Waals surface area contributed by atoms with E-state index in [1.54, 1.807) is 0 Å². The van der Waals surface area contributed by atoms with Crippen molar-refractivity contribution in [2.24, 2.45) is 0 Å². The van der Waals surface area contributed by atoms with Crippen LogP contribution in [0, 0.1) is 5.82 Å². The van der Waals surface area contributed by atoms with Crippen LogP contribution in [-0.4, -0.2) is 23.7 Å². The number of carbonyl (C=O) groups excluding carboxylic acids is 1. The van der Waals surface area contributed by atoms with Gasteiger partial charge in [0.1, 0.15) is 5.82 Å². The van der Waals surface area contributed by atoms with Gasteiger partial charge >= 0.3 is 0 Å². The van der Waals surface area contributed by atoms with Crippen molar-refractivity contribution in [2.45, 2.75) is 12.5 Å². The second-order valence-electron chi connectivity index (χ2n) is 3.69. The molecule has 1 aromatic carbocycles. The van der Waals surface area contributed by atoms with Gasteiger partial charge in [0.25, 0.3) is 0 Å². The lowest BCUT2D eigenvalue weighted by atomic mass is 10.2. The lowest BCUT2D eigenvalue weighted by Crippen LogP contribution is -2.26. The predicted octanol–water partition coefficient (Wildman–Crippen LogP) is 1.16. The first-order valence-electron chi connectivity index (χ1n) is 4.72. The van der Waals surface area contributed by atoms with E-state index >= 15 is 0 Å². The molecule has 0 saturated carbocycles. The number of nitrogen functional groups attached to an aromatic ring is 1. The summed E-state index contributed by atoms with van der Waals surface area (Å²) >= 11 is 5.55. The molecule has 0 spiro atoms. The Morgan fingerprint density at radius 3 is 2.81 bits per heavy atom. The molecular weight excluding hydrogens is 235 g/mol. The Labute approximate surface area is 96.4 Å². The fourth-order valence-corrected chi connectivity index (χ4v) is 1.88. The van der Waals surface area contributed by atoms with Gasteiger partial charge in [-0.05, 0) is 6.07 Å². The van der Waals surface area contributed by atoms with Gasteiger partial charge in [-0.15, -0.1) is 0 Å². The quantitative estimate of drug-likeness (QED) is 0.729. The topological polar surface area (TPSA) is 66.6 Å². The van der Waals surface area contributed by atoms with E-state index in [9.17, 15) is 14.3 Å². The highest BCUT2D eigenvalue weighted by atomic mass is 35.5. The minimum absolute atomic E-state index is 0.0314. The number of benzene rings is 1. The van der Waals surface area contributed by atoms with Crippen LogP contribution in [0.25, 0.3) is 0 Å². The molecule has 1 atom stereocenters. The number of anilines is 2. The van der Waals surface area contributed by atoms with Crippen molar-refractivity contribution < 1.29 is 14.3 Å². The third-order valence-electron chi connectivity index (χ3n) is 2.47. The minimum atomic E-state index is -0.731. The fraction of sp³-hybridized carbons (Fsp3) is 0.300. The Bertz CT molecular complexity index is 453. The molecule has 1 aromatic rings. The first-order chi connectivity index (χ1) is 7.49. The molecule has 1 unspecified atom stereocenters. The monoisotopic (exact) mass is 244 g/mol. The SMILES string of the molecule is Nc1cc(Cl)c(F)cc1N1CC(O)CC1=O. The summed E-state index contributed by atoms with van der Waals surface area (Å²) < 4.78 is 13.2. The molecule has 0 bridgehead atoms. The Hall–Kier alpha value is -1.33. The number of hydrogen-bond acceptors (Lipinski definition) is 3. The van der Waals surface area contributed by atoms with Crippen molar-refractivity contribution >= 4 is 28.9 Å². The summed E-state index contributed by atoms with van der Waals surface area (Å²) in [7, 11) is 0. The molecule has 1 heterocycles. The lowest BCUT2D eigenvalue weighted by Gasteiger charge is -2.18. The summed E-state index contributed by atoms with van der Waals surface area (Å²) in [5, 5.41) is 9.23. The van der Waals surface area contributed by atoms with Crippen LogP contribution in [0.4, 0.5) is 15.8 Å². The molecule has 1 saturated heterocycles. The van der Waals surface area contributed by atoms with Crippen LogP contribution in [0.15, 0.2) is 12.1 Å². The molecular formula is C10H10ClFN2O2. The molecule has 1 fully saturated rings. The molecule has 0 aliphatic carbocycles. The van der Waals surface area contributed by atoms with Crippen molar-refractivity contribution in [1.29, 1.82) is 0 Å². The van der Waals surface area contributed by atoms with Gasteiger partial charge in [0.2, 0.25) is 5.91 Å². The van der Waals surface area contributed by atoms with Gasteiger partial charge in [0, 0.05) is 6.07 Å². The number of nitrogens with two attached hydrogens (primary N) is 1. The number of amides is 1. The van der Waals surface area contributed by atoms with E-state index < -0.39 is 11.9 Å². The molecule has 6 heteroatoms. The molecule has 0 aromatic heterocycles. The van der Waals surface area contributed by atoms with Gasteiger partial charge in [0.05, 0.1) is 35.5 Å². The van der Waals surface area contributed by atoms with Crippen LogP contribution in [0.2, 0.25) is 5.02 Å². The standard InChI is InChI=1S/C10H10ClFN2O2/c11-6-2-8(13)9(3-7(6)12)14-4-5(15)1-10(14)16/h2-3,5,15H,1,4,13H2. The zero-order chi connectivity index (χ0) is 11.9. The molecule has 1 amide bonds. The highest BCUT2D eigenvalue weighted by Gasteiger charge is 2.30. The van der Waals surface area contributed by atoms with E-state index in [1.807, 2.05) is 0 Å². The van der Waals surface area contributed by atoms with Crippen LogP contribution in [0.3, 0.4) is 0 Å². The minimum Gasteiger partial charge on any atom is -0.397 e. The van der Waals surface area contributed by atoms with Gasteiger partial charge in [0.15, 0.2) is 0 Å². The maximum absolute atomic E-state index is 13.2. The summed E-state index contributed by atoms with van der Waals surface area (Å²) in [5.41, 5.74) is 6.12. The largest absolute Gasteiger partial charge is 0.397 e. The van der Waals surface area contributed by atoms with Crippen LogP contribution in [0.1, 0.15) is 6.42 Å². The number of carbonyl (C=O) groups is 1. The molecule has 4 nitrogen and oxygen atoms in total. The van der Waals surface area contributed by atoms with Crippen LogP contribution in [0.5, 0.6) is 0 Å². The zero-order valence-corrected chi connectivity index (χ0v) is 9.04. The highest BCUT2D eigenvalue weighted by Crippen LogP contribution is 2.31. The third-order valence-corrected chi connectivity index (χ3v) is 2.75. The zero-order valence-electron chi connectivity index (χ0n) is 8.28. The van der Waals surface area contributed by atoms with E-state index in [0.717, 1.165) is 6.07 Å². The first kappa shape index (κ1) is 11.2. The van der Waals surface area contributed by atoms with E-state index in [-0.39, 0.29) is 35.3 Å². The number of β-amino-alcohol motifs (C(OH)–C–C–N with tert-alkyl or cyclic N) is 1. The molecule has 2 rings (SSSR count). The van der Waals surface area contributed by atoms with Gasteiger partial charge < -0.3 is 15.7 Å². The van der Waals surface area contributed by atoms with E-state index in [0.29, 0.717) is 0 Å². The van der Waals surface area contributed by atoms with Crippen LogP contribution >= 0.6 is 11.6 Å². The number of aliphatic hydroxyl groups is 1. The summed E-state index contributed by atoms with van der Waals surface area (Å²) in [6.07, 6.45) is -0.699. The number of aliphatic hydroxyl groups excluding tert-OH is 1. The van der Waals surface area contributed by atoms with Crippen LogP contribution < -0.4 is 10.6 Å². The molecule has 3 N–H and O–H groups in total. The maximum Gasteiger partial charge on any atom is 0.229 e. The molecule has 86 valence electrons.